The fourth-order valence-corrected chi connectivity index (χ4v) is 7.31. The van der Waals surface area contributed by atoms with Crippen LogP contribution in [0.5, 0.6) is 5.75 Å². The van der Waals surface area contributed by atoms with Gasteiger partial charge in [0.1, 0.15) is 22.8 Å². The number of rotatable bonds is 9. The SMILES string of the molecule is COc1cccc(CN2CCC(=CC3=CS[C@@H]4[C@H](NC(=O)OC(C)(C)C)C(=O)N4[C@H]3C(=O)OC(c3ccccc3)c3ccccc3)C2=O)c1. The molecule has 49 heavy (non-hydrogen) atoms. The van der Waals surface area contributed by atoms with Gasteiger partial charge in [0.05, 0.1) is 7.11 Å². The molecule has 0 aromatic heterocycles. The normalized spacial score (nSPS) is 21.2. The molecule has 10 nitrogen and oxygen atoms in total. The van der Waals surface area contributed by atoms with E-state index in [1.54, 1.807) is 44.3 Å². The first-order chi connectivity index (χ1) is 23.5. The van der Waals surface area contributed by atoms with E-state index in [4.69, 9.17) is 14.2 Å². The molecule has 3 aromatic carbocycles. The predicted octanol–water partition coefficient (Wildman–Crippen LogP) is 5.75. The van der Waals surface area contributed by atoms with Gasteiger partial charge in [0.15, 0.2) is 12.1 Å². The van der Waals surface area contributed by atoms with Crippen molar-refractivity contribution < 1.29 is 33.4 Å². The van der Waals surface area contributed by atoms with E-state index in [0.29, 0.717) is 36.4 Å². The van der Waals surface area contributed by atoms with Gasteiger partial charge in [0.2, 0.25) is 11.8 Å². The molecular formula is C38H39N3O7S. The maximum absolute atomic E-state index is 14.3. The number of nitrogens with zero attached hydrogens (tertiary/aromatic N) is 2. The average Bonchev–Trinajstić information content (AvgIpc) is 3.43. The summed E-state index contributed by atoms with van der Waals surface area (Å²) in [5.74, 6) is -0.520. The first kappa shape index (κ1) is 33.9. The third-order valence-electron chi connectivity index (χ3n) is 8.41. The maximum atomic E-state index is 14.3. The second kappa shape index (κ2) is 14.2. The number of thioether (sulfide) groups is 1. The highest BCUT2D eigenvalue weighted by Crippen LogP contribution is 2.42. The molecule has 0 saturated carbocycles. The zero-order valence-electron chi connectivity index (χ0n) is 27.8. The summed E-state index contributed by atoms with van der Waals surface area (Å²) in [6.07, 6.45) is 0.729. The fourth-order valence-electron chi connectivity index (χ4n) is 6.12. The number of likely N-dealkylation sites (tertiary alicyclic amines) is 1. The molecule has 3 heterocycles. The number of hydrogen-bond donors (Lipinski definition) is 1. The van der Waals surface area contributed by atoms with Crippen molar-refractivity contribution >= 4 is 35.6 Å². The Morgan fingerprint density at radius 2 is 1.65 bits per heavy atom. The molecule has 3 amide bonds. The Labute approximate surface area is 290 Å². The monoisotopic (exact) mass is 681 g/mol. The Morgan fingerprint density at radius 1 is 0.980 bits per heavy atom. The van der Waals surface area contributed by atoms with Crippen molar-refractivity contribution in [3.63, 3.8) is 0 Å². The molecule has 0 spiro atoms. The van der Waals surface area contributed by atoms with E-state index in [2.05, 4.69) is 5.32 Å². The van der Waals surface area contributed by atoms with E-state index in [1.165, 1.54) is 16.7 Å². The highest BCUT2D eigenvalue weighted by atomic mass is 32.2. The molecule has 6 rings (SSSR count). The maximum Gasteiger partial charge on any atom is 0.408 e. The van der Waals surface area contributed by atoms with Crippen LogP contribution in [-0.4, -0.2) is 70.4 Å². The number of alkyl carbamates (subject to hydrolysis) is 1. The standard InChI is InChI=1S/C38H39N3O7S/c1-38(2,3)48-37(45)39-30-34(43)41-31(36(44)47-32(25-13-7-5-8-14-25)26-15-9-6-10-16-26)28(23-49-35(30)41)21-27-18-19-40(33(27)42)22-24-12-11-17-29(20-24)46-4/h5-17,20-21,23,30-32,35H,18-19,22H2,1-4H3,(H,39,45)/t30-,31-,35-/m1/s1. The van der Waals surface area contributed by atoms with Crippen molar-refractivity contribution in [3.8, 4) is 5.75 Å². The second-order valence-corrected chi connectivity index (χ2v) is 14.0. The Morgan fingerprint density at radius 3 is 2.29 bits per heavy atom. The number of β-lactam (4-membered cyclic amide) rings is 1. The smallest absolute Gasteiger partial charge is 0.408 e. The molecule has 254 valence electrons. The van der Waals surface area contributed by atoms with Crippen molar-refractivity contribution in [2.45, 2.75) is 62.9 Å². The lowest BCUT2D eigenvalue weighted by atomic mass is 9.95. The van der Waals surface area contributed by atoms with E-state index in [1.807, 2.05) is 84.9 Å². The van der Waals surface area contributed by atoms with E-state index < -0.39 is 47.1 Å². The lowest BCUT2D eigenvalue weighted by molar-refractivity contribution is -0.164. The van der Waals surface area contributed by atoms with E-state index in [0.717, 1.165) is 16.7 Å². The van der Waals surface area contributed by atoms with E-state index in [9.17, 15) is 19.2 Å². The van der Waals surface area contributed by atoms with E-state index in [-0.39, 0.29) is 5.91 Å². The summed E-state index contributed by atoms with van der Waals surface area (Å²) in [5.41, 5.74) is 2.73. The van der Waals surface area contributed by atoms with Gasteiger partial charge in [-0.25, -0.2) is 9.59 Å². The Hall–Kier alpha value is -5.03. The van der Waals surface area contributed by atoms with Crippen LogP contribution in [0.3, 0.4) is 0 Å². The van der Waals surface area contributed by atoms with Crippen molar-refractivity contribution in [1.82, 2.24) is 15.1 Å². The molecule has 0 radical (unpaired) electrons. The van der Waals surface area contributed by atoms with Crippen LogP contribution >= 0.6 is 11.8 Å². The topological polar surface area (TPSA) is 114 Å². The molecule has 0 bridgehead atoms. The lowest BCUT2D eigenvalue weighted by Gasteiger charge is -2.51. The Balaban J connectivity index is 1.29. The van der Waals surface area contributed by atoms with Gasteiger partial charge >= 0.3 is 12.1 Å². The molecule has 3 aromatic rings. The predicted molar refractivity (Wildman–Crippen MR) is 185 cm³/mol. The van der Waals surface area contributed by atoms with Gasteiger partial charge in [-0.1, -0.05) is 72.8 Å². The molecule has 11 heteroatoms. The third-order valence-corrected chi connectivity index (χ3v) is 9.60. The van der Waals surface area contributed by atoms with Gasteiger partial charge in [-0.2, -0.15) is 0 Å². The quantitative estimate of drug-likeness (QED) is 0.173. The van der Waals surface area contributed by atoms with Crippen LogP contribution < -0.4 is 10.1 Å². The summed E-state index contributed by atoms with van der Waals surface area (Å²) in [6.45, 7) is 6.14. The third kappa shape index (κ3) is 7.51. The number of ether oxygens (including phenoxy) is 3. The minimum atomic E-state index is -1.14. The van der Waals surface area contributed by atoms with Crippen LogP contribution in [0.4, 0.5) is 4.79 Å². The number of methoxy groups -OCH3 is 1. The van der Waals surface area contributed by atoms with Crippen LogP contribution in [-0.2, 0) is 30.4 Å². The number of benzene rings is 3. The molecule has 2 fully saturated rings. The summed E-state index contributed by atoms with van der Waals surface area (Å²) < 4.78 is 17.0. The molecule has 3 atom stereocenters. The van der Waals surface area contributed by atoms with Crippen LogP contribution in [0, 0.1) is 0 Å². The van der Waals surface area contributed by atoms with Crippen LogP contribution in [0.1, 0.15) is 50.0 Å². The van der Waals surface area contributed by atoms with E-state index >= 15 is 0 Å². The number of carbonyl (C=O) groups is 4. The van der Waals surface area contributed by atoms with Crippen molar-refractivity contribution in [1.29, 1.82) is 0 Å². The van der Waals surface area contributed by atoms with Crippen LogP contribution in [0.2, 0.25) is 0 Å². The molecule has 0 unspecified atom stereocenters. The van der Waals surface area contributed by atoms with Gasteiger partial charge in [0, 0.05) is 18.7 Å². The first-order valence-corrected chi connectivity index (χ1v) is 17.1. The highest BCUT2D eigenvalue weighted by molar-refractivity contribution is 8.03. The molecule has 3 aliphatic heterocycles. The molecule has 1 N–H and O–H groups in total. The minimum Gasteiger partial charge on any atom is -0.497 e. The Kier molecular flexibility index (Phi) is 9.82. The lowest BCUT2D eigenvalue weighted by Crippen LogP contribution is -2.74. The van der Waals surface area contributed by atoms with Gasteiger partial charge in [-0.05, 0) is 73.1 Å². The Bertz CT molecular complexity index is 1750. The number of carbonyl (C=O) groups excluding carboxylic acids is 4. The zero-order valence-corrected chi connectivity index (χ0v) is 28.6. The van der Waals surface area contributed by atoms with Gasteiger partial charge < -0.3 is 29.3 Å². The minimum absolute atomic E-state index is 0.145. The first-order valence-electron chi connectivity index (χ1n) is 16.1. The van der Waals surface area contributed by atoms with Crippen molar-refractivity contribution in [2.24, 2.45) is 0 Å². The molecular weight excluding hydrogens is 642 g/mol. The van der Waals surface area contributed by atoms with Crippen LogP contribution in [0.25, 0.3) is 0 Å². The number of fused-ring (bicyclic) bond motifs is 1. The highest BCUT2D eigenvalue weighted by Gasteiger charge is 2.56. The summed E-state index contributed by atoms with van der Waals surface area (Å²) in [7, 11) is 1.60. The van der Waals surface area contributed by atoms with Gasteiger partial charge in [0.25, 0.3) is 0 Å². The van der Waals surface area contributed by atoms with Crippen molar-refractivity contribution in [3.05, 3.63) is 124 Å². The number of nitrogens with one attached hydrogen (secondary N) is 1. The molecule has 2 saturated heterocycles. The zero-order chi connectivity index (χ0) is 34.7. The summed E-state index contributed by atoms with van der Waals surface area (Å²) in [4.78, 5) is 57.4. The second-order valence-electron chi connectivity index (χ2n) is 13.1. The summed E-state index contributed by atoms with van der Waals surface area (Å²) >= 11 is 1.30. The van der Waals surface area contributed by atoms with Crippen molar-refractivity contribution in [2.75, 3.05) is 13.7 Å². The number of amides is 3. The summed E-state index contributed by atoms with van der Waals surface area (Å²) in [6, 6.07) is 24.3. The number of esters is 1. The van der Waals surface area contributed by atoms with Gasteiger partial charge in [-0.15, -0.1) is 11.8 Å². The number of hydrogen-bond acceptors (Lipinski definition) is 8. The molecule has 0 aliphatic carbocycles. The fraction of sp³-hybridized carbons (Fsp3) is 0.316. The average molecular weight is 682 g/mol. The summed E-state index contributed by atoms with van der Waals surface area (Å²) in [5, 5.41) is 3.88. The van der Waals surface area contributed by atoms with Crippen LogP contribution in [0.15, 0.2) is 108 Å². The molecule has 3 aliphatic rings. The van der Waals surface area contributed by atoms with Gasteiger partial charge in [-0.3, -0.25) is 9.59 Å². The largest absolute Gasteiger partial charge is 0.497 e.